The molecule has 4 nitrogen and oxygen atoms in total. The number of carbonyl (C=O) groups excluding carboxylic acids is 1. The molecule has 0 bridgehead atoms. The van der Waals surface area contributed by atoms with E-state index in [0.29, 0.717) is 25.5 Å². The van der Waals surface area contributed by atoms with Gasteiger partial charge < -0.3 is 10.1 Å². The molecule has 1 N–H and O–H groups in total. The van der Waals surface area contributed by atoms with Crippen molar-refractivity contribution in [3.8, 4) is 0 Å². The van der Waals surface area contributed by atoms with E-state index < -0.39 is 0 Å². The van der Waals surface area contributed by atoms with E-state index >= 15 is 0 Å². The first-order valence-electron chi connectivity index (χ1n) is 6.56. The van der Waals surface area contributed by atoms with E-state index in [4.69, 9.17) is 4.74 Å². The Labute approximate surface area is 113 Å². The fourth-order valence-corrected chi connectivity index (χ4v) is 2.44. The lowest BCUT2D eigenvalue weighted by atomic mass is 10.2. The van der Waals surface area contributed by atoms with Crippen LogP contribution in [0.5, 0.6) is 0 Å². The summed E-state index contributed by atoms with van der Waals surface area (Å²) in [4.78, 5) is 15.7. The maximum Gasteiger partial charge on any atom is 0.306 e. The lowest BCUT2D eigenvalue weighted by molar-refractivity contribution is -0.143. The number of hydrogen-bond acceptors (Lipinski definition) is 5. The number of carbonyl (C=O) groups is 1. The number of esters is 1. The molecule has 0 aliphatic rings. The predicted molar refractivity (Wildman–Crippen MR) is 75.1 cm³/mol. The Morgan fingerprint density at radius 2 is 2.17 bits per heavy atom. The van der Waals surface area contributed by atoms with Crippen LogP contribution in [0.15, 0.2) is 5.38 Å². The third-order valence-electron chi connectivity index (χ3n) is 2.76. The van der Waals surface area contributed by atoms with Crippen LogP contribution >= 0.6 is 11.3 Å². The summed E-state index contributed by atoms with van der Waals surface area (Å²) in [6.07, 6.45) is 3.24. The van der Waals surface area contributed by atoms with Crippen LogP contribution in [-0.2, 0) is 16.0 Å². The van der Waals surface area contributed by atoms with Crippen molar-refractivity contribution in [1.82, 2.24) is 4.98 Å². The molecule has 0 aromatic carbocycles. The Kier molecular flexibility index (Phi) is 6.72. The molecule has 0 unspecified atom stereocenters. The van der Waals surface area contributed by atoms with Gasteiger partial charge in [-0.3, -0.25) is 4.79 Å². The second-order valence-corrected chi connectivity index (χ2v) is 4.96. The average molecular weight is 270 g/mol. The van der Waals surface area contributed by atoms with Gasteiger partial charge in [0, 0.05) is 17.8 Å². The number of anilines is 1. The van der Waals surface area contributed by atoms with E-state index in [2.05, 4.69) is 24.1 Å². The van der Waals surface area contributed by atoms with Gasteiger partial charge in [-0.15, -0.1) is 11.3 Å². The van der Waals surface area contributed by atoms with E-state index in [-0.39, 0.29) is 5.97 Å². The van der Waals surface area contributed by atoms with Crippen LogP contribution in [0, 0.1) is 0 Å². The average Bonchev–Trinajstić information content (AvgIpc) is 2.81. The molecule has 1 rings (SSSR count). The number of nitrogens with zero attached hydrogens (tertiary/aromatic N) is 1. The molecule has 0 spiro atoms. The number of nitrogens with one attached hydrogen (secondary N) is 1. The highest BCUT2D eigenvalue weighted by molar-refractivity contribution is 7.13. The molecule has 5 heteroatoms. The van der Waals surface area contributed by atoms with Crippen LogP contribution < -0.4 is 5.32 Å². The summed E-state index contributed by atoms with van der Waals surface area (Å²) in [5.41, 5.74) is 0.960. The highest BCUT2D eigenvalue weighted by Gasteiger charge is 2.08. The topological polar surface area (TPSA) is 51.2 Å². The first-order chi connectivity index (χ1) is 8.69. The maximum atomic E-state index is 11.2. The summed E-state index contributed by atoms with van der Waals surface area (Å²) < 4.78 is 4.89. The van der Waals surface area contributed by atoms with Crippen LogP contribution in [0.25, 0.3) is 0 Å². The van der Waals surface area contributed by atoms with Crippen molar-refractivity contribution in [2.75, 3.05) is 11.9 Å². The van der Waals surface area contributed by atoms with Crippen LogP contribution in [0.3, 0.4) is 0 Å². The second kappa shape index (κ2) is 8.08. The largest absolute Gasteiger partial charge is 0.466 e. The van der Waals surface area contributed by atoms with Crippen molar-refractivity contribution in [1.29, 1.82) is 0 Å². The zero-order chi connectivity index (χ0) is 13.4. The maximum absolute atomic E-state index is 11.2. The molecule has 0 aliphatic carbocycles. The Morgan fingerprint density at radius 3 is 2.78 bits per heavy atom. The lowest BCUT2D eigenvalue weighted by Gasteiger charge is -2.12. The SMILES string of the molecule is CCOC(=O)CCc1csc(NC(CC)CC)n1. The molecule has 0 radical (unpaired) electrons. The quantitative estimate of drug-likeness (QED) is 0.737. The molecule has 1 heterocycles. The van der Waals surface area contributed by atoms with Crippen LogP contribution in [0.4, 0.5) is 5.13 Å². The van der Waals surface area contributed by atoms with Gasteiger partial charge >= 0.3 is 5.97 Å². The number of hydrogen-bond donors (Lipinski definition) is 1. The second-order valence-electron chi connectivity index (χ2n) is 4.11. The van der Waals surface area contributed by atoms with Crippen molar-refractivity contribution in [2.24, 2.45) is 0 Å². The Morgan fingerprint density at radius 1 is 1.44 bits per heavy atom. The molecular formula is C13H22N2O2S. The minimum atomic E-state index is -0.153. The molecule has 0 saturated carbocycles. The van der Waals surface area contributed by atoms with E-state index in [1.165, 1.54) is 0 Å². The monoisotopic (exact) mass is 270 g/mol. The molecule has 1 aromatic heterocycles. The molecule has 18 heavy (non-hydrogen) atoms. The minimum Gasteiger partial charge on any atom is -0.466 e. The molecule has 0 saturated heterocycles. The highest BCUT2D eigenvalue weighted by atomic mass is 32.1. The Balaban J connectivity index is 2.40. The van der Waals surface area contributed by atoms with Gasteiger partial charge in [-0.05, 0) is 19.8 Å². The van der Waals surface area contributed by atoms with Gasteiger partial charge in [0.1, 0.15) is 0 Å². The summed E-state index contributed by atoms with van der Waals surface area (Å²) >= 11 is 1.60. The van der Waals surface area contributed by atoms with Gasteiger partial charge in [0.05, 0.1) is 18.7 Å². The third-order valence-corrected chi connectivity index (χ3v) is 3.58. The van der Waals surface area contributed by atoms with Crippen molar-refractivity contribution in [2.45, 2.75) is 52.5 Å². The van der Waals surface area contributed by atoms with Crippen LogP contribution in [0.2, 0.25) is 0 Å². The minimum absolute atomic E-state index is 0.153. The molecular weight excluding hydrogens is 248 g/mol. The zero-order valence-corrected chi connectivity index (χ0v) is 12.2. The van der Waals surface area contributed by atoms with Crippen molar-refractivity contribution in [3.63, 3.8) is 0 Å². The van der Waals surface area contributed by atoms with Gasteiger partial charge in [-0.25, -0.2) is 4.98 Å². The Bertz CT molecular complexity index is 362. The van der Waals surface area contributed by atoms with Gasteiger partial charge in [-0.2, -0.15) is 0 Å². The summed E-state index contributed by atoms with van der Waals surface area (Å²) in [6, 6.07) is 0.481. The van der Waals surface area contributed by atoms with Crippen molar-refractivity contribution in [3.05, 3.63) is 11.1 Å². The van der Waals surface area contributed by atoms with Gasteiger partial charge in [0.25, 0.3) is 0 Å². The fraction of sp³-hybridized carbons (Fsp3) is 0.692. The molecule has 0 fully saturated rings. The summed E-state index contributed by atoms with van der Waals surface area (Å²) in [7, 11) is 0. The van der Waals surface area contributed by atoms with E-state index in [0.717, 1.165) is 23.7 Å². The molecule has 0 atom stereocenters. The summed E-state index contributed by atoms with van der Waals surface area (Å²) in [5, 5.41) is 6.35. The lowest BCUT2D eigenvalue weighted by Crippen LogP contribution is -2.16. The standard InChI is InChI=1S/C13H22N2O2S/c1-4-10(5-2)14-13-15-11(9-18-13)7-8-12(16)17-6-3/h9-10H,4-8H2,1-3H3,(H,14,15). The van der Waals surface area contributed by atoms with Crippen LogP contribution in [-0.4, -0.2) is 23.6 Å². The van der Waals surface area contributed by atoms with Gasteiger partial charge in [0.2, 0.25) is 0 Å². The van der Waals surface area contributed by atoms with Crippen molar-refractivity contribution >= 4 is 22.4 Å². The van der Waals surface area contributed by atoms with Crippen LogP contribution in [0.1, 0.15) is 45.7 Å². The number of aromatic nitrogens is 1. The highest BCUT2D eigenvalue weighted by Crippen LogP contribution is 2.19. The smallest absolute Gasteiger partial charge is 0.306 e. The van der Waals surface area contributed by atoms with E-state index in [1.807, 2.05) is 12.3 Å². The molecule has 102 valence electrons. The molecule has 0 amide bonds. The normalized spacial score (nSPS) is 10.7. The number of ether oxygens (including phenoxy) is 1. The zero-order valence-electron chi connectivity index (χ0n) is 11.4. The van der Waals surface area contributed by atoms with Crippen molar-refractivity contribution < 1.29 is 9.53 Å². The first-order valence-corrected chi connectivity index (χ1v) is 7.44. The first kappa shape index (κ1) is 15.0. The van der Waals surface area contributed by atoms with Gasteiger partial charge in [0.15, 0.2) is 5.13 Å². The molecule has 0 aliphatic heterocycles. The predicted octanol–water partition coefficient (Wildman–Crippen LogP) is 3.24. The number of rotatable bonds is 8. The Hall–Kier alpha value is -1.10. The number of thiazole rings is 1. The molecule has 1 aromatic rings. The summed E-state index contributed by atoms with van der Waals surface area (Å²) in [5.74, 6) is -0.153. The van der Waals surface area contributed by atoms with Gasteiger partial charge in [-0.1, -0.05) is 13.8 Å². The third kappa shape index (κ3) is 5.04. The fourth-order valence-electron chi connectivity index (χ4n) is 1.62. The van der Waals surface area contributed by atoms with E-state index in [9.17, 15) is 4.79 Å². The number of aryl methyl sites for hydroxylation is 1. The summed E-state index contributed by atoms with van der Waals surface area (Å²) in [6.45, 7) is 6.59. The van der Waals surface area contributed by atoms with E-state index in [1.54, 1.807) is 11.3 Å².